The van der Waals surface area contributed by atoms with Crippen LogP contribution in [0.15, 0.2) is 48.5 Å². The Morgan fingerprint density at radius 3 is 2.40 bits per heavy atom. The highest BCUT2D eigenvalue weighted by Crippen LogP contribution is 2.13. The van der Waals surface area contributed by atoms with Crippen LogP contribution in [0.25, 0.3) is 0 Å². The number of amides is 1. The van der Waals surface area contributed by atoms with Gasteiger partial charge in [0.15, 0.2) is 5.11 Å². The molecule has 0 aliphatic heterocycles. The first-order chi connectivity index (χ1) is 12.1. The van der Waals surface area contributed by atoms with E-state index in [-0.39, 0.29) is 11.0 Å². The molecule has 5 nitrogen and oxygen atoms in total. The lowest BCUT2D eigenvalue weighted by molar-refractivity contribution is 0.0977. The molecule has 0 aliphatic rings. The van der Waals surface area contributed by atoms with Crippen molar-refractivity contribution < 1.29 is 14.3 Å². The SMILES string of the molecule is CCOCCOc1ccc(C(=O)NC(=S)Nc2ccc(I)cc2)cc1. The number of hydrogen-bond donors (Lipinski definition) is 2. The van der Waals surface area contributed by atoms with E-state index in [0.717, 1.165) is 9.26 Å². The molecule has 0 saturated heterocycles. The van der Waals surface area contributed by atoms with E-state index >= 15 is 0 Å². The molecule has 2 rings (SSSR count). The number of carbonyl (C=O) groups excluding carboxylic acids is 1. The van der Waals surface area contributed by atoms with Crippen LogP contribution < -0.4 is 15.4 Å². The van der Waals surface area contributed by atoms with Gasteiger partial charge in [-0.1, -0.05) is 0 Å². The number of ether oxygens (including phenoxy) is 2. The third-order valence-corrected chi connectivity index (χ3v) is 4.07. The second kappa shape index (κ2) is 10.3. The van der Waals surface area contributed by atoms with Gasteiger partial charge in [0.2, 0.25) is 0 Å². The number of halogens is 1. The van der Waals surface area contributed by atoms with Crippen molar-refractivity contribution >= 4 is 51.5 Å². The van der Waals surface area contributed by atoms with Crippen LogP contribution in [0.3, 0.4) is 0 Å². The fraction of sp³-hybridized carbons (Fsp3) is 0.222. The van der Waals surface area contributed by atoms with E-state index in [9.17, 15) is 4.79 Å². The first kappa shape index (κ1) is 19.6. The van der Waals surface area contributed by atoms with Gasteiger partial charge in [0.25, 0.3) is 5.91 Å². The number of hydrogen-bond acceptors (Lipinski definition) is 4. The van der Waals surface area contributed by atoms with Gasteiger partial charge in [-0.15, -0.1) is 0 Å². The molecule has 0 heterocycles. The van der Waals surface area contributed by atoms with E-state index < -0.39 is 0 Å². The van der Waals surface area contributed by atoms with Gasteiger partial charge >= 0.3 is 0 Å². The number of thiocarbonyl (C=S) groups is 1. The molecule has 132 valence electrons. The molecule has 25 heavy (non-hydrogen) atoms. The van der Waals surface area contributed by atoms with Gasteiger partial charge < -0.3 is 14.8 Å². The van der Waals surface area contributed by atoms with Crippen LogP contribution in [0.2, 0.25) is 0 Å². The molecule has 2 aromatic carbocycles. The molecule has 0 radical (unpaired) electrons. The molecule has 0 aromatic heterocycles. The molecular formula is C18H19IN2O3S. The van der Waals surface area contributed by atoms with Crippen molar-refractivity contribution in [1.82, 2.24) is 5.32 Å². The minimum atomic E-state index is -0.274. The molecule has 2 aromatic rings. The lowest BCUT2D eigenvalue weighted by Gasteiger charge is -2.10. The number of anilines is 1. The first-order valence-electron chi connectivity index (χ1n) is 7.77. The lowest BCUT2D eigenvalue weighted by Crippen LogP contribution is -2.34. The molecule has 0 saturated carbocycles. The molecule has 1 amide bonds. The van der Waals surface area contributed by atoms with Crippen molar-refractivity contribution in [2.24, 2.45) is 0 Å². The van der Waals surface area contributed by atoms with Gasteiger partial charge in [-0.25, -0.2) is 0 Å². The number of rotatable bonds is 7. The number of benzene rings is 2. The van der Waals surface area contributed by atoms with Gasteiger partial charge in [0.1, 0.15) is 12.4 Å². The highest BCUT2D eigenvalue weighted by molar-refractivity contribution is 14.1. The summed E-state index contributed by atoms with van der Waals surface area (Å²) in [7, 11) is 0. The Labute approximate surface area is 166 Å². The molecule has 0 aliphatic carbocycles. The van der Waals surface area contributed by atoms with Crippen LogP contribution in [0.5, 0.6) is 5.75 Å². The maximum absolute atomic E-state index is 12.2. The summed E-state index contributed by atoms with van der Waals surface area (Å²) in [5.41, 5.74) is 1.33. The molecular weight excluding hydrogens is 451 g/mol. The molecule has 0 atom stereocenters. The fourth-order valence-electron chi connectivity index (χ4n) is 1.94. The van der Waals surface area contributed by atoms with E-state index in [1.165, 1.54) is 0 Å². The van der Waals surface area contributed by atoms with Crippen LogP contribution in [0, 0.1) is 3.57 Å². The van der Waals surface area contributed by atoms with Crippen molar-refractivity contribution in [3.05, 3.63) is 57.7 Å². The molecule has 0 unspecified atom stereocenters. The van der Waals surface area contributed by atoms with Crippen molar-refractivity contribution in [2.75, 3.05) is 25.1 Å². The predicted octanol–water partition coefficient (Wildman–Crippen LogP) is 3.83. The van der Waals surface area contributed by atoms with E-state index in [0.29, 0.717) is 31.1 Å². The standard InChI is InChI=1S/C18H19IN2O3S/c1-2-23-11-12-24-16-9-3-13(4-10-16)17(22)21-18(25)20-15-7-5-14(19)6-8-15/h3-10H,2,11-12H2,1H3,(H2,20,21,22,25). The summed E-state index contributed by atoms with van der Waals surface area (Å²) in [6.07, 6.45) is 0. The Kier molecular flexibility index (Phi) is 8.10. The summed E-state index contributed by atoms with van der Waals surface area (Å²) in [6, 6.07) is 14.6. The first-order valence-corrected chi connectivity index (χ1v) is 9.25. The van der Waals surface area contributed by atoms with Crippen molar-refractivity contribution in [2.45, 2.75) is 6.92 Å². The Hall–Kier alpha value is -1.71. The Morgan fingerprint density at radius 1 is 1.08 bits per heavy atom. The quantitative estimate of drug-likeness (QED) is 0.366. The third-order valence-electron chi connectivity index (χ3n) is 3.15. The second-order valence-electron chi connectivity index (χ2n) is 4.98. The zero-order chi connectivity index (χ0) is 18.1. The highest BCUT2D eigenvalue weighted by Gasteiger charge is 2.08. The van der Waals surface area contributed by atoms with E-state index in [4.69, 9.17) is 21.7 Å². The molecule has 2 N–H and O–H groups in total. The summed E-state index contributed by atoms with van der Waals surface area (Å²) in [5, 5.41) is 5.89. The normalized spacial score (nSPS) is 10.2. The average Bonchev–Trinajstić information content (AvgIpc) is 2.61. The van der Waals surface area contributed by atoms with Crippen molar-refractivity contribution in [1.29, 1.82) is 0 Å². The van der Waals surface area contributed by atoms with Crippen LogP contribution in [-0.2, 0) is 4.74 Å². The van der Waals surface area contributed by atoms with Gasteiger partial charge in [-0.05, 0) is 90.3 Å². The van der Waals surface area contributed by atoms with Crippen LogP contribution in [0.4, 0.5) is 5.69 Å². The molecule has 7 heteroatoms. The maximum atomic E-state index is 12.2. The van der Waals surface area contributed by atoms with Crippen molar-refractivity contribution in [3.63, 3.8) is 0 Å². The monoisotopic (exact) mass is 470 g/mol. The summed E-state index contributed by atoms with van der Waals surface area (Å²) >= 11 is 7.39. The molecule has 0 spiro atoms. The maximum Gasteiger partial charge on any atom is 0.257 e. The predicted molar refractivity (Wildman–Crippen MR) is 111 cm³/mol. The van der Waals surface area contributed by atoms with Gasteiger partial charge in [-0.2, -0.15) is 0 Å². The Bertz CT molecular complexity index is 705. The van der Waals surface area contributed by atoms with Crippen LogP contribution >= 0.6 is 34.8 Å². The number of nitrogens with one attached hydrogen (secondary N) is 2. The van der Waals surface area contributed by atoms with Gasteiger partial charge in [-0.3, -0.25) is 10.1 Å². The highest BCUT2D eigenvalue weighted by atomic mass is 127. The summed E-state index contributed by atoms with van der Waals surface area (Å²) in [4.78, 5) is 12.2. The van der Waals surface area contributed by atoms with Crippen LogP contribution in [0.1, 0.15) is 17.3 Å². The zero-order valence-corrected chi connectivity index (χ0v) is 16.7. The topological polar surface area (TPSA) is 59.6 Å². The van der Waals surface area contributed by atoms with Crippen LogP contribution in [-0.4, -0.2) is 30.8 Å². The second-order valence-corrected chi connectivity index (χ2v) is 6.64. The fourth-order valence-corrected chi connectivity index (χ4v) is 2.51. The Morgan fingerprint density at radius 2 is 1.76 bits per heavy atom. The summed E-state index contributed by atoms with van der Waals surface area (Å²) in [6.45, 7) is 3.62. The van der Waals surface area contributed by atoms with Crippen molar-refractivity contribution in [3.8, 4) is 5.75 Å². The third kappa shape index (κ3) is 6.97. The van der Waals surface area contributed by atoms with E-state index in [1.807, 2.05) is 31.2 Å². The van der Waals surface area contributed by atoms with E-state index in [2.05, 4.69) is 33.2 Å². The largest absolute Gasteiger partial charge is 0.491 e. The smallest absolute Gasteiger partial charge is 0.257 e. The van der Waals surface area contributed by atoms with Gasteiger partial charge in [0.05, 0.1) is 6.61 Å². The summed E-state index contributed by atoms with van der Waals surface area (Å²) < 4.78 is 11.8. The summed E-state index contributed by atoms with van der Waals surface area (Å²) in [5.74, 6) is 0.416. The molecule has 0 fully saturated rings. The van der Waals surface area contributed by atoms with E-state index in [1.54, 1.807) is 24.3 Å². The number of carbonyl (C=O) groups is 1. The minimum absolute atomic E-state index is 0.253. The zero-order valence-electron chi connectivity index (χ0n) is 13.8. The average molecular weight is 470 g/mol. The lowest BCUT2D eigenvalue weighted by atomic mass is 10.2. The van der Waals surface area contributed by atoms with Gasteiger partial charge in [0, 0.05) is 21.4 Å². The molecule has 0 bridgehead atoms. The Balaban J connectivity index is 1.83. The minimum Gasteiger partial charge on any atom is -0.491 e.